The zero-order valence-electron chi connectivity index (χ0n) is 11.5. The summed E-state index contributed by atoms with van der Waals surface area (Å²) in [6.45, 7) is 4.79. The molecule has 1 N–H and O–H groups in total. The minimum Gasteiger partial charge on any atom is -0.445 e. The standard InChI is InChI=1S/C14H21NO3Si/c1-19(2)10-13(8-16)15(11-19)14(17)18-9-12-6-4-3-5-7-12/h3-7,13,16H,8-11H2,1-2H3. The van der Waals surface area contributed by atoms with Gasteiger partial charge in [-0.3, -0.25) is 0 Å². The molecule has 1 atom stereocenters. The number of carbonyl (C=O) groups is 1. The molecule has 1 saturated heterocycles. The van der Waals surface area contributed by atoms with Gasteiger partial charge in [-0.1, -0.05) is 43.4 Å². The Morgan fingerprint density at radius 3 is 2.74 bits per heavy atom. The van der Waals surface area contributed by atoms with Crippen LogP contribution in [0.5, 0.6) is 0 Å². The number of benzene rings is 1. The fraction of sp³-hybridized carbons (Fsp3) is 0.500. The highest BCUT2D eigenvalue weighted by Gasteiger charge is 2.41. The van der Waals surface area contributed by atoms with E-state index in [9.17, 15) is 9.90 Å². The Morgan fingerprint density at radius 1 is 1.42 bits per heavy atom. The van der Waals surface area contributed by atoms with Gasteiger partial charge in [-0.05, 0) is 11.6 Å². The molecule has 1 unspecified atom stereocenters. The molecule has 0 radical (unpaired) electrons. The number of nitrogens with zero attached hydrogens (tertiary/aromatic N) is 1. The number of rotatable bonds is 3. The Kier molecular flexibility index (Phi) is 4.26. The van der Waals surface area contributed by atoms with Gasteiger partial charge in [-0.15, -0.1) is 0 Å². The molecule has 1 fully saturated rings. The molecular formula is C14H21NO3Si. The maximum atomic E-state index is 12.1. The second-order valence-electron chi connectivity index (χ2n) is 5.87. The van der Waals surface area contributed by atoms with E-state index in [4.69, 9.17) is 4.74 Å². The largest absolute Gasteiger partial charge is 0.445 e. The fourth-order valence-corrected chi connectivity index (χ4v) is 5.65. The molecular weight excluding hydrogens is 258 g/mol. The highest BCUT2D eigenvalue weighted by atomic mass is 28.3. The molecule has 1 aliphatic rings. The summed E-state index contributed by atoms with van der Waals surface area (Å²) in [6, 6.07) is 10.5. The molecule has 1 aromatic carbocycles. The molecule has 4 nitrogen and oxygen atoms in total. The summed E-state index contributed by atoms with van der Waals surface area (Å²) in [5, 5.41) is 9.38. The van der Waals surface area contributed by atoms with E-state index in [1.807, 2.05) is 30.3 Å². The predicted octanol–water partition coefficient (Wildman–Crippen LogP) is 2.25. The normalized spacial score (nSPS) is 21.4. The summed E-state index contributed by atoms with van der Waals surface area (Å²) in [7, 11) is -1.39. The summed E-state index contributed by atoms with van der Waals surface area (Å²) < 4.78 is 5.34. The third kappa shape index (κ3) is 3.58. The van der Waals surface area contributed by atoms with Crippen molar-refractivity contribution < 1.29 is 14.6 Å². The molecule has 0 aromatic heterocycles. The topological polar surface area (TPSA) is 49.8 Å². The zero-order valence-corrected chi connectivity index (χ0v) is 12.5. The quantitative estimate of drug-likeness (QED) is 0.863. The smallest absolute Gasteiger partial charge is 0.410 e. The minimum atomic E-state index is -1.39. The molecule has 0 bridgehead atoms. The Bertz CT molecular complexity index is 436. The van der Waals surface area contributed by atoms with Crippen LogP contribution in [-0.2, 0) is 11.3 Å². The lowest BCUT2D eigenvalue weighted by atomic mass is 10.2. The van der Waals surface area contributed by atoms with Crippen LogP contribution in [0, 0.1) is 0 Å². The van der Waals surface area contributed by atoms with Gasteiger partial charge in [0.25, 0.3) is 0 Å². The molecule has 2 rings (SSSR count). The van der Waals surface area contributed by atoms with Gasteiger partial charge in [0.1, 0.15) is 6.61 Å². The minimum absolute atomic E-state index is 0.0247. The second kappa shape index (κ2) is 5.75. The summed E-state index contributed by atoms with van der Waals surface area (Å²) in [4.78, 5) is 13.8. The molecule has 104 valence electrons. The van der Waals surface area contributed by atoms with Gasteiger partial charge in [0.2, 0.25) is 0 Å². The number of hydrogen-bond acceptors (Lipinski definition) is 3. The second-order valence-corrected chi connectivity index (χ2v) is 10.9. The van der Waals surface area contributed by atoms with Crippen LogP contribution in [0.1, 0.15) is 5.56 Å². The van der Waals surface area contributed by atoms with Gasteiger partial charge in [0, 0.05) is 6.17 Å². The van der Waals surface area contributed by atoms with Gasteiger partial charge >= 0.3 is 6.09 Å². The molecule has 0 aliphatic carbocycles. The van der Waals surface area contributed by atoms with Crippen LogP contribution in [0.2, 0.25) is 19.1 Å². The summed E-state index contributed by atoms with van der Waals surface area (Å²) in [5.41, 5.74) is 0.979. The number of amides is 1. The van der Waals surface area contributed by atoms with Crippen molar-refractivity contribution in [2.45, 2.75) is 31.8 Å². The van der Waals surface area contributed by atoms with Crippen molar-refractivity contribution >= 4 is 14.2 Å². The lowest BCUT2D eigenvalue weighted by Crippen LogP contribution is -2.39. The van der Waals surface area contributed by atoms with Crippen LogP contribution in [0.25, 0.3) is 0 Å². The van der Waals surface area contributed by atoms with Crippen molar-refractivity contribution in [3.63, 3.8) is 0 Å². The number of aliphatic hydroxyl groups excluding tert-OH is 1. The van der Waals surface area contributed by atoms with Crippen LogP contribution in [0.4, 0.5) is 4.79 Å². The molecule has 1 heterocycles. The first-order valence-corrected chi connectivity index (χ1v) is 10.0. The summed E-state index contributed by atoms with van der Waals surface area (Å²) >= 11 is 0. The average molecular weight is 279 g/mol. The first-order valence-electron chi connectivity index (χ1n) is 6.60. The third-order valence-corrected chi connectivity index (χ3v) is 6.25. The summed E-state index contributed by atoms with van der Waals surface area (Å²) in [5.74, 6) is 0. The van der Waals surface area contributed by atoms with Gasteiger partial charge in [-0.25, -0.2) is 4.79 Å². The third-order valence-electron chi connectivity index (χ3n) is 3.48. The fourth-order valence-electron chi connectivity index (χ4n) is 2.58. The first kappa shape index (κ1) is 14.1. The van der Waals surface area contributed by atoms with Crippen LogP contribution in [0.3, 0.4) is 0 Å². The van der Waals surface area contributed by atoms with Gasteiger partial charge in [0.15, 0.2) is 0 Å². The van der Waals surface area contributed by atoms with E-state index in [0.717, 1.165) is 17.8 Å². The molecule has 19 heavy (non-hydrogen) atoms. The van der Waals surface area contributed by atoms with Crippen molar-refractivity contribution in [1.82, 2.24) is 4.90 Å². The van der Waals surface area contributed by atoms with E-state index >= 15 is 0 Å². The van der Waals surface area contributed by atoms with E-state index in [2.05, 4.69) is 13.1 Å². The lowest BCUT2D eigenvalue weighted by molar-refractivity contribution is 0.0815. The van der Waals surface area contributed by atoms with Crippen molar-refractivity contribution in [1.29, 1.82) is 0 Å². The van der Waals surface area contributed by atoms with Gasteiger partial charge < -0.3 is 14.7 Å². The molecule has 1 aromatic rings. The van der Waals surface area contributed by atoms with Crippen LogP contribution in [-0.4, -0.2) is 43.0 Å². The molecule has 0 spiro atoms. The van der Waals surface area contributed by atoms with E-state index in [1.54, 1.807) is 4.90 Å². The van der Waals surface area contributed by atoms with Crippen molar-refractivity contribution in [3.8, 4) is 0 Å². The van der Waals surface area contributed by atoms with Crippen molar-refractivity contribution in [3.05, 3.63) is 35.9 Å². The maximum absolute atomic E-state index is 12.1. The highest BCUT2D eigenvalue weighted by Crippen LogP contribution is 2.27. The molecule has 0 saturated carbocycles. The lowest BCUT2D eigenvalue weighted by Gasteiger charge is -2.22. The Labute approximate surface area is 115 Å². The number of hydrogen-bond donors (Lipinski definition) is 1. The van der Waals surface area contributed by atoms with Gasteiger partial charge in [0.05, 0.1) is 20.7 Å². The Morgan fingerprint density at radius 2 is 2.11 bits per heavy atom. The number of carbonyl (C=O) groups excluding carboxylic acids is 1. The van der Waals surface area contributed by atoms with Crippen molar-refractivity contribution in [2.24, 2.45) is 0 Å². The summed E-state index contributed by atoms with van der Waals surface area (Å²) in [6.07, 6.45) is 0.465. The van der Waals surface area contributed by atoms with E-state index in [1.165, 1.54) is 0 Å². The van der Waals surface area contributed by atoms with Crippen LogP contribution >= 0.6 is 0 Å². The molecule has 5 heteroatoms. The number of ether oxygens (including phenoxy) is 1. The SMILES string of the molecule is C[Si]1(C)CC(CO)N(C(=O)OCc2ccccc2)C1. The maximum Gasteiger partial charge on any atom is 0.410 e. The first-order chi connectivity index (χ1) is 9.02. The van der Waals surface area contributed by atoms with Gasteiger partial charge in [-0.2, -0.15) is 0 Å². The zero-order chi connectivity index (χ0) is 13.9. The Hall–Kier alpha value is -1.33. The van der Waals surface area contributed by atoms with E-state index in [0.29, 0.717) is 0 Å². The highest BCUT2D eigenvalue weighted by molar-refractivity contribution is 6.78. The molecule has 1 amide bonds. The van der Waals surface area contributed by atoms with Crippen LogP contribution < -0.4 is 0 Å². The van der Waals surface area contributed by atoms with Crippen LogP contribution in [0.15, 0.2) is 30.3 Å². The molecule has 1 aliphatic heterocycles. The van der Waals surface area contributed by atoms with E-state index < -0.39 is 8.07 Å². The predicted molar refractivity (Wildman–Crippen MR) is 76.5 cm³/mol. The Balaban J connectivity index is 1.93. The van der Waals surface area contributed by atoms with E-state index in [-0.39, 0.29) is 25.3 Å². The van der Waals surface area contributed by atoms with Crippen molar-refractivity contribution in [2.75, 3.05) is 12.8 Å². The average Bonchev–Trinajstić information content (AvgIpc) is 2.72. The number of aliphatic hydroxyl groups is 1. The monoisotopic (exact) mass is 279 g/mol.